The van der Waals surface area contributed by atoms with E-state index in [9.17, 15) is 14.4 Å². The van der Waals surface area contributed by atoms with Crippen LogP contribution in [0.2, 0.25) is 5.02 Å². The Kier molecular flexibility index (Phi) is 6.38. The van der Waals surface area contributed by atoms with Gasteiger partial charge in [-0.25, -0.2) is 0 Å². The first-order chi connectivity index (χ1) is 13.5. The third-order valence-corrected chi connectivity index (χ3v) is 5.17. The lowest BCUT2D eigenvalue weighted by Crippen LogP contribution is -2.34. The number of methoxy groups -OCH3 is 1. The Labute approximate surface area is 171 Å². The van der Waals surface area contributed by atoms with Gasteiger partial charge in [0.05, 0.1) is 12.0 Å². The van der Waals surface area contributed by atoms with Crippen molar-refractivity contribution >= 4 is 46.6 Å². The first-order valence-corrected chi connectivity index (χ1v) is 9.46. The molecule has 1 fully saturated rings. The van der Waals surface area contributed by atoms with Crippen LogP contribution in [0.3, 0.4) is 0 Å². The molecule has 1 saturated heterocycles. The van der Waals surface area contributed by atoms with E-state index in [1.807, 2.05) is 18.2 Å². The summed E-state index contributed by atoms with van der Waals surface area (Å²) in [7, 11) is 1.20. The SMILES string of the molecule is COC(=O)CN1C(=O)SC(=Cc2cccc(OCc3ccccc3Cl)c2)C1=O. The van der Waals surface area contributed by atoms with Crippen LogP contribution >= 0.6 is 23.4 Å². The molecule has 0 spiro atoms. The highest BCUT2D eigenvalue weighted by Crippen LogP contribution is 2.32. The highest BCUT2D eigenvalue weighted by molar-refractivity contribution is 8.18. The molecule has 0 N–H and O–H groups in total. The van der Waals surface area contributed by atoms with Crippen molar-refractivity contribution in [2.45, 2.75) is 6.61 Å². The normalized spacial score (nSPS) is 15.2. The molecule has 1 aliphatic heterocycles. The number of hydrogen-bond donors (Lipinski definition) is 0. The molecule has 2 aromatic rings. The molecule has 0 atom stereocenters. The molecular formula is C20H16ClNO5S. The fourth-order valence-corrected chi connectivity index (χ4v) is 3.48. The minimum absolute atomic E-state index is 0.233. The minimum atomic E-state index is -0.654. The zero-order chi connectivity index (χ0) is 20.1. The fraction of sp³-hybridized carbons (Fsp3) is 0.150. The molecule has 0 radical (unpaired) electrons. The van der Waals surface area contributed by atoms with Gasteiger partial charge < -0.3 is 9.47 Å². The summed E-state index contributed by atoms with van der Waals surface area (Å²) >= 11 is 6.91. The summed E-state index contributed by atoms with van der Waals surface area (Å²) in [5.74, 6) is -0.580. The molecule has 6 nitrogen and oxygen atoms in total. The highest BCUT2D eigenvalue weighted by atomic mass is 35.5. The fourth-order valence-electron chi connectivity index (χ4n) is 2.45. The molecule has 2 amide bonds. The number of carbonyl (C=O) groups excluding carboxylic acids is 3. The van der Waals surface area contributed by atoms with Gasteiger partial charge in [-0.2, -0.15) is 0 Å². The maximum absolute atomic E-state index is 12.4. The number of thioether (sulfide) groups is 1. The molecular weight excluding hydrogens is 402 g/mol. The Morgan fingerprint density at radius 1 is 1.18 bits per heavy atom. The smallest absolute Gasteiger partial charge is 0.325 e. The topological polar surface area (TPSA) is 72.9 Å². The average molecular weight is 418 g/mol. The van der Waals surface area contributed by atoms with E-state index in [-0.39, 0.29) is 4.91 Å². The lowest BCUT2D eigenvalue weighted by Gasteiger charge is -2.10. The maximum Gasteiger partial charge on any atom is 0.325 e. The number of rotatable bonds is 6. The zero-order valence-electron chi connectivity index (χ0n) is 14.9. The molecule has 0 aliphatic carbocycles. The summed E-state index contributed by atoms with van der Waals surface area (Å²) in [6.07, 6.45) is 1.59. The van der Waals surface area contributed by atoms with Gasteiger partial charge in [0.15, 0.2) is 0 Å². The van der Waals surface area contributed by atoms with E-state index in [2.05, 4.69) is 4.74 Å². The van der Waals surface area contributed by atoms with E-state index in [1.54, 1.807) is 36.4 Å². The first-order valence-electron chi connectivity index (χ1n) is 8.26. The summed E-state index contributed by atoms with van der Waals surface area (Å²) in [6.45, 7) is -0.0989. The van der Waals surface area contributed by atoms with Crippen LogP contribution in [0.4, 0.5) is 4.79 Å². The van der Waals surface area contributed by atoms with Gasteiger partial charge in [0.25, 0.3) is 11.1 Å². The second-order valence-electron chi connectivity index (χ2n) is 5.80. The van der Waals surface area contributed by atoms with Crippen LogP contribution < -0.4 is 4.74 Å². The van der Waals surface area contributed by atoms with Gasteiger partial charge >= 0.3 is 5.97 Å². The summed E-state index contributed by atoms with van der Waals surface area (Å²) < 4.78 is 10.3. The molecule has 144 valence electrons. The van der Waals surface area contributed by atoms with E-state index >= 15 is 0 Å². The second kappa shape index (κ2) is 8.95. The van der Waals surface area contributed by atoms with Crippen LogP contribution in [0.1, 0.15) is 11.1 Å². The molecule has 3 rings (SSSR count). The van der Waals surface area contributed by atoms with Gasteiger partial charge in [-0.1, -0.05) is 41.9 Å². The van der Waals surface area contributed by atoms with Crippen LogP contribution in [0.25, 0.3) is 6.08 Å². The molecule has 2 aromatic carbocycles. The van der Waals surface area contributed by atoms with Crippen LogP contribution in [0, 0.1) is 0 Å². The minimum Gasteiger partial charge on any atom is -0.489 e. The van der Waals surface area contributed by atoms with Crippen molar-refractivity contribution in [3.8, 4) is 5.75 Å². The molecule has 0 saturated carbocycles. The van der Waals surface area contributed by atoms with Crippen LogP contribution in [0.15, 0.2) is 53.4 Å². The van der Waals surface area contributed by atoms with Crippen molar-refractivity contribution in [2.75, 3.05) is 13.7 Å². The lowest BCUT2D eigenvalue weighted by atomic mass is 10.2. The number of amides is 2. The zero-order valence-corrected chi connectivity index (χ0v) is 16.5. The molecule has 0 bridgehead atoms. The number of imide groups is 1. The highest BCUT2D eigenvalue weighted by Gasteiger charge is 2.36. The van der Waals surface area contributed by atoms with Crippen molar-refractivity contribution in [1.29, 1.82) is 0 Å². The number of ether oxygens (including phenoxy) is 2. The largest absolute Gasteiger partial charge is 0.489 e. The van der Waals surface area contributed by atoms with Gasteiger partial charge in [-0.15, -0.1) is 0 Å². The molecule has 0 aromatic heterocycles. The summed E-state index contributed by atoms with van der Waals surface area (Å²) in [4.78, 5) is 36.8. The number of nitrogens with zero attached hydrogens (tertiary/aromatic N) is 1. The number of hydrogen-bond acceptors (Lipinski definition) is 6. The van der Waals surface area contributed by atoms with E-state index in [1.165, 1.54) is 7.11 Å². The quantitative estimate of drug-likeness (QED) is 0.519. The summed E-state index contributed by atoms with van der Waals surface area (Å²) in [5.41, 5.74) is 1.55. The Hall–Kier alpha value is -2.77. The van der Waals surface area contributed by atoms with Crippen molar-refractivity contribution in [3.05, 3.63) is 69.6 Å². The molecule has 28 heavy (non-hydrogen) atoms. The molecule has 8 heteroatoms. The van der Waals surface area contributed by atoms with Gasteiger partial charge in [0.2, 0.25) is 0 Å². The number of esters is 1. The second-order valence-corrected chi connectivity index (χ2v) is 7.20. The Morgan fingerprint density at radius 2 is 1.96 bits per heavy atom. The van der Waals surface area contributed by atoms with Gasteiger partial charge in [0, 0.05) is 10.6 Å². The molecule has 1 heterocycles. The predicted molar refractivity (Wildman–Crippen MR) is 107 cm³/mol. The van der Waals surface area contributed by atoms with E-state index in [0.717, 1.165) is 22.2 Å². The first kappa shape index (κ1) is 20.0. The van der Waals surface area contributed by atoms with Crippen molar-refractivity contribution in [3.63, 3.8) is 0 Å². The van der Waals surface area contributed by atoms with Crippen LogP contribution in [-0.2, 0) is 20.9 Å². The van der Waals surface area contributed by atoms with E-state index < -0.39 is 23.7 Å². The predicted octanol–water partition coefficient (Wildman–Crippen LogP) is 4.13. The summed E-state index contributed by atoms with van der Waals surface area (Å²) in [5, 5.41) is 0.116. The van der Waals surface area contributed by atoms with Gasteiger partial charge in [-0.3, -0.25) is 19.3 Å². The summed E-state index contributed by atoms with van der Waals surface area (Å²) in [6, 6.07) is 14.5. The van der Waals surface area contributed by atoms with Crippen molar-refractivity contribution in [1.82, 2.24) is 4.90 Å². The maximum atomic E-state index is 12.4. The third kappa shape index (κ3) is 4.74. The standard InChI is InChI=1S/C20H16ClNO5S/c1-26-18(23)11-22-19(24)17(28-20(22)25)10-13-5-4-7-15(9-13)27-12-14-6-2-3-8-16(14)21/h2-10H,11-12H2,1H3. The van der Waals surface area contributed by atoms with Crippen LogP contribution in [-0.4, -0.2) is 35.7 Å². The van der Waals surface area contributed by atoms with Crippen molar-refractivity contribution < 1.29 is 23.9 Å². The van der Waals surface area contributed by atoms with Crippen molar-refractivity contribution in [2.24, 2.45) is 0 Å². The average Bonchev–Trinajstić information content (AvgIpc) is 2.95. The van der Waals surface area contributed by atoms with E-state index in [4.69, 9.17) is 16.3 Å². The number of carbonyl (C=O) groups is 3. The number of halogens is 1. The molecule has 0 unspecified atom stereocenters. The van der Waals surface area contributed by atoms with Gasteiger partial charge in [-0.05, 0) is 41.6 Å². The Bertz CT molecular complexity index is 959. The lowest BCUT2D eigenvalue weighted by molar-refractivity contribution is -0.143. The third-order valence-electron chi connectivity index (χ3n) is 3.90. The number of benzene rings is 2. The Balaban J connectivity index is 1.72. The molecule has 1 aliphatic rings. The van der Waals surface area contributed by atoms with Crippen LogP contribution in [0.5, 0.6) is 5.75 Å². The van der Waals surface area contributed by atoms with E-state index in [0.29, 0.717) is 22.9 Å². The van der Waals surface area contributed by atoms with Gasteiger partial charge in [0.1, 0.15) is 18.9 Å². The monoisotopic (exact) mass is 417 g/mol. The Morgan fingerprint density at radius 3 is 2.71 bits per heavy atom.